The molecule has 0 saturated heterocycles. The van der Waals surface area contributed by atoms with Gasteiger partial charge < -0.3 is 10.4 Å². The van der Waals surface area contributed by atoms with Gasteiger partial charge in [0, 0.05) is 11.6 Å². The van der Waals surface area contributed by atoms with Crippen LogP contribution in [0.15, 0.2) is 47.4 Å². The van der Waals surface area contributed by atoms with Crippen LogP contribution in [0.4, 0.5) is 5.69 Å². The molecule has 0 radical (unpaired) electrons. The number of hydrogen-bond acceptors (Lipinski definition) is 4. The van der Waals surface area contributed by atoms with Crippen molar-refractivity contribution in [2.45, 2.75) is 31.7 Å². The maximum Gasteiger partial charge on any atom is 0.261 e. The van der Waals surface area contributed by atoms with E-state index in [1.165, 1.54) is 12.1 Å². The largest absolute Gasteiger partial charge is 0.394 e. The van der Waals surface area contributed by atoms with Crippen LogP contribution in [0.5, 0.6) is 0 Å². The molecule has 7 heteroatoms. The summed E-state index contributed by atoms with van der Waals surface area (Å²) in [7, 11) is -3.82. The van der Waals surface area contributed by atoms with Gasteiger partial charge in [-0.25, -0.2) is 8.42 Å². The Balaban J connectivity index is 2.34. The number of carbonyl (C=O) groups excluding carboxylic acids is 1. The van der Waals surface area contributed by atoms with Gasteiger partial charge in [-0.05, 0) is 50.1 Å². The van der Waals surface area contributed by atoms with Crippen LogP contribution >= 0.6 is 0 Å². The van der Waals surface area contributed by atoms with Crippen LogP contribution in [0.25, 0.3) is 0 Å². The molecular weight excluding hydrogens is 340 g/mol. The van der Waals surface area contributed by atoms with E-state index in [9.17, 15) is 13.2 Å². The van der Waals surface area contributed by atoms with Gasteiger partial charge >= 0.3 is 0 Å². The number of nitrogens with one attached hydrogen (secondary N) is 2. The van der Waals surface area contributed by atoms with E-state index < -0.39 is 22.0 Å². The Hall–Kier alpha value is -2.38. The highest BCUT2D eigenvalue weighted by Crippen LogP contribution is 2.21. The van der Waals surface area contributed by atoms with Gasteiger partial charge in [-0.2, -0.15) is 0 Å². The van der Waals surface area contributed by atoms with Crippen molar-refractivity contribution in [3.63, 3.8) is 0 Å². The fourth-order valence-electron chi connectivity index (χ4n) is 2.25. The van der Waals surface area contributed by atoms with E-state index in [4.69, 9.17) is 5.11 Å². The van der Waals surface area contributed by atoms with Crippen molar-refractivity contribution in [3.8, 4) is 0 Å². The maximum absolute atomic E-state index is 12.6. The molecule has 0 aliphatic rings. The summed E-state index contributed by atoms with van der Waals surface area (Å²) in [5, 5.41) is 11.7. The van der Waals surface area contributed by atoms with Gasteiger partial charge in [-0.1, -0.05) is 24.3 Å². The Bertz CT molecular complexity index is 878. The molecule has 0 spiro atoms. The van der Waals surface area contributed by atoms with Gasteiger partial charge in [0.25, 0.3) is 15.9 Å². The zero-order valence-electron chi connectivity index (χ0n) is 14.4. The molecule has 1 amide bonds. The summed E-state index contributed by atoms with van der Waals surface area (Å²) in [6.07, 6.45) is 0. The molecule has 1 atom stereocenters. The molecule has 0 saturated carbocycles. The van der Waals surface area contributed by atoms with Crippen molar-refractivity contribution in [1.29, 1.82) is 0 Å². The van der Waals surface area contributed by atoms with Crippen molar-refractivity contribution < 1.29 is 18.3 Å². The Morgan fingerprint density at radius 2 is 1.80 bits per heavy atom. The number of anilines is 1. The molecule has 3 N–H and O–H groups in total. The second kappa shape index (κ2) is 7.67. The molecule has 0 fully saturated rings. The third-order valence-corrected chi connectivity index (χ3v) is 5.17. The fourth-order valence-corrected chi connectivity index (χ4v) is 3.41. The number of para-hydroxylation sites is 1. The summed E-state index contributed by atoms with van der Waals surface area (Å²) >= 11 is 0. The minimum Gasteiger partial charge on any atom is -0.394 e. The lowest BCUT2D eigenvalue weighted by molar-refractivity contribution is 0.0921. The van der Waals surface area contributed by atoms with Crippen LogP contribution in [-0.2, 0) is 10.0 Å². The van der Waals surface area contributed by atoms with Gasteiger partial charge in [0.1, 0.15) is 0 Å². The van der Waals surface area contributed by atoms with E-state index >= 15 is 0 Å². The van der Waals surface area contributed by atoms with Gasteiger partial charge in [0.05, 0.1) is 17.2 Å². The van der Waals surface area contributed by atoms with Crippen molar-refractivity contribution in [3.05, 3.63) is 59.2 Å². The maximum atomic E-state index is 12.6. The smallest absolute Gasteiger partial charge is 0.261 e. The first kappa shape index (κ1) is 19.0. The Kier molecular flexibility index (Phi) is 5.81. The molecule has 134 valence electrons. The highest BCUT2D eigenvalue weighted by Gasteiger charge is 2.19. The molecule has 2 rings (SSSR count). The molecule has 1 unspecified atom stereocenters. The van der Waals surface area contributed by atoms with Crippen LogP contribution < -0.4 is 10.0 Å². The summed E-state index contributed by atoms with van der Waals surface area (Å²) in [4.78, 5) is 12.3. The lowest BCUT2D eigenvalue weighted by atomic mass is 10.1. The third kappa shape index (κ3) is 4.58. The van der Waals surface area contributed by atoms with Crippen LogP contribution in [0, 0.1) is 13.8 Å². The number of hydrogen-bond donors (Lipinski definition) is 3. The topological polar surface area (TPSA) is 95.5 Å². The second-order valence-corrected chi connectivity index (χ2v) is 7.64. The van der Waals surface area contributed by atoms with Crippen molar-refractivity contribution in [2.24, 2.45) is 0 Å². The predicted octanol–water partition coefficient (Wildman–Crippen LogP) is 2.21. The first-order chi connectivity index (χ1) is 11.7. The lowest BCUT2D eigenvalue weighted by Gasteiger charge is -2.14. The standard InChI is InChI=1S/C18H22N2O4S/c1-12-8-9-15(10-16(12)18(22)19-14(3)11-21)25(23,24)20-17-7-5-4-6-13(17)2/h4-10,14,20-21H,11H2,1-3H3,(H,19,22). The molecule has 0 aromatic heterocycles. The molecular formula is C18H22N2O4S. The molecule has 0 heterocycles. The fraction of sp³-hybridized carbons (Fsp3) is 0.278. The van der Waals surface area contributed by atoms with Crippen LogP contribution in [0.1, 0.15) is 28.4 Å². The van der Waals surface area contributed by atoms with Crippen LogP contribution in [-0.4, -0.2) is 32.1 Å². The first-order valence-electron chi connectivity index (χ1n) is 7.85. The first-order valence-corrected chi connectivity index (χ1v) is 9.33. The summed E-state index contributed by atoms with van der Waals surface area (Å²) in [6, 6.07) is 11.0. The van der Waals surface area contributed by atoms with Crippen molar-refractivity contribution in [1.82, 2.24) is 5.32 Å². The number of amides is 1. The molecule has 0 aliphatic carbocycles. The lowest BCUT2D eigenvalue weighted by Crippen LogP contribution is -2.35. The zero-order valence-corrected chi connectivity index (χ0v) is 15.2. The number of sulfonamides is 1. The van der Waals surface area contributed by atoms with Crippen LogP contribution in [0.3, 0.4) is 0 Å². The van der Waals surface area contributed by atoms with Gasteiger partial charge in [0.2, 0.25) is 0 Å². The number of rotatable bonds is 6. The minimum atomic E-state index is -3.82. The molecule has 25 heavy (non-hydrogen) atoms. The number of aryl methyl sites for hydroxylation is 2. The summed E-state index contributed by atoms with van der Waals surface area (Å²) < 4.78 is 27.8. The summed E-state index contributed by atoms with van der Waals surface area (Å²) in [5.41, 5.74) is 2.20. The molecule has 2 aromatic rings. The Labute approximate surface area is 147 Å². The van der Waals surface area contributed by atoms with E-state index in [-0.39, 0.29) is 17.1 Å². The normalized spacial score (nSPS) is 12.5. The Morgan fingerprint density at radius 1 is 1.12 bits per heavy atom. The average molecular weight is 362 g/mol. The average Bonchev–Trinajstić information content (AvgIpc) is 2.56. The number of aliphatic hydroxyl groups excluding tert-OH is 1. The van der Waals surface area contributed by atoms with Gasteiger partial charge in [0.15, 0.2) is 0 Å². The quantitative estimate of drug-likeness (QED) is 0.734. The number of benzene rings is 2. The van der Waals surface area contributed by atoms with E-state index in [0.717, 1.165) is 5.56 Å². The molecule has 2 aromatic carbocycles. The molecule has 0 bridgehead atoms. The molecule has 6 nitrogen and oxygen atoms in total. The highest BCUT2D eigenvalue weighted by atomic mass is 32.2. The highest BCUT2D eigenvalue weighted by molar-refractivity contribution is 7.92. The summed E-state index contributed by atoms with van der Waals surface area (Å²) in [6.45, 7) is 5.00. The predicted molar refractivity (Wildman–Crippen MR) is 97.2 cm³/mol. The van der Waals surface area contributed by atoms with E-state index in [1.807, 2.05) is 19.1 Å². The Morgan fingerprint density at radius 3 is 2.44 bits per heavy atom. The monoisotopic (exact) mass is 362 g/mol. The number of aliphatic hydroxyl groups is 1. The van der Waals surface area contributed by atoms with Crippen LogP contribution in [0.2, 0.25) is 0 Å². The second-order valence-electron chi connectivity index (χ2n) is 5.95. The van der Waals surface area contributed by atoms with E-state index in [2.05, 4.69) is 10.0 Å². The minimum absolute atomic E-state index is 0.00292. The summed E-state index contributed by atoms with van der Waals surface area (Å²) in [5.74, 6) is -0.424. The van der Waals surface area contributed by atoms with Gasteiger partial charge in [-0.3, -0.25) is 9.52 Å². The van der Waals surface area contributed by atoms with Crippen molar-refractivity contribution >= 4 is 21.6 Å². The number of carbonyl (C=O) groups is 1. The van der Waals surface area contributed by atoms with Gasteiger partial charge in [-0.15, -0.1) is 0 Å². The zero-order chi connectivity index (χ0) is 18.6. The van der Waals surface area contributed by atoms with E-state index in [1.54, 1.807) is 32.0 Å². The van der Waals surface area contributed by atoms with E-state index in [0.29, 0.717) is 11.3 Å². The third-order valence-electron chi connectivity index (χ3n) is 3.80. The molecule has 0 aliphatic heterocycles. The van der Waals surface area contributed by atoms with Crippen molar-refractivity contribution in [2.75, 3.05) is 11.3 Å². The SMILES string of the molecule is Cc1ccccc1NS(=O)(=O)c1ccc(C)c(C(=O)NC(C)CO)c1.